The van der Waals surface area contributed by atoms with Gasteiger partial charge in [0.2, 0.25) is 0 Å². The monoisotopic (exact) mass is 164 g/mol. The smallest absolute Gasteiger partial charge is 0.423 e. The van der Waals surface area contributed by atoms with Gasteiger partial charge < -0.3 is 9.68 Å². The van der Waals surface area contributed by atoms with Crippen LogP contribution in [0.2, 0.25) is 0 Å². The topological polar surface area (TPSA) is 29.5 Å². The van der Waals surface area contributed by atoms with E-state index in [0.717, 1.165) is 17.5 Å². The zero-order valence-electron chi connectivity index (χ0n) is 7.29. The van der Waals surface area contributed by atoms with E-state index in [0.29, 0.717) is 6.61 Å². The van der Waals surface area contributed by atoms with Gasteiger partial charge in [-0.15, -0.1) is 0 Å². The van der Waals surface area contributed by atoms with E-state index in [1.807, 2.05) is 19.1 Å². The van der Waals surface area contributed by atoms with Crippen molar-refractivity contribution in [3.8, 4) is 0 Å². The summed E-state index contributed by atoms with van der Waals surface area (Å²) in [6, 6.07) is 0. The molecule has 1 aliphatic rings. The predicted octanol–water partition coefficient (Wildman–Crippen LogP) is 1.49. The van der Waals surface area contributed by atoms with E-state index in [4.69, 9.17) is 4.65 Å². The van der Waals surface area contributed by atoms with E-state index >= 15 is 0 Å². The Bertz CT molecular complexity index is 231. The van der Waals surface area contributed by atoms with Crippen LogP contribution in [0.3, 0.4) is 0 Å². The minimum atomic E-state index is -0.695. The lowest BCUT2D eigenvalue weighted by Gasteiger charge is -1.97. The van der Waals surface area contributed by atoms with Gasteiger partial charge in [-0.2, -0.15) is 0 Å². The standard InChI is InChI=1S/C9H13BO2/c1-3-5-6-8-7-12-10(11)9(8)4-2/h3,5-6,11H,1,4,7H2,2H3/b6-5-. The second-order valence-corrected chi connectivity index (χ2v) is 2.66. The normalized spacial score (nSPS) is 18.0. The average Bonchev–Trinajstić information content (AvgIpc) is 2.43. The van der Waals surface area contributed by atoms with E-state index in [1.165, 1.54) is 0 Å². The van der Waals surface area contributed by atoms with Gasteiger partial charge in [-0.25, -0.2) is 0 Å². The molecule has 12 heavy (non-hydrogen) atoms. The van der Waals surface area contributed by atoms with Gasteiger partial charge in [0.1, 0.15) is 0 Å². The summed E-state index contributed by atoms with van der Waals surface area (Å²) in [5, 5.41) is 9.32. The van der Waals surface area contributed by atoms with Crippen molar-refractivity contribution in [3.05, 3.63) is 35.9 Å². The van der Waals surface area contributed by atoms with Crippen LogP contribution in [0.25, 0.3) is 0 Å². The largest absolute Gasteiger partial charge is 0.487 e. The van der Waals surface area contributed by atoms with Crippen LogP contribution in [-0.4, -0.2) is 18.7 Å². The minimum absolute atomic E-state index is 0.509. The second-order valence-electron chi connectivity index (χ2n) is 2.66. The van der Waals surface area contributed by atoms with Gasteiger partial charge in [-0.05, 0) is 17.5 Å². The van der Waals surface area contributed by atoms with Crippen molar-refractivity contribution in [3.63, 3.8) is 0 Å². The van der Waals surface area contributed by atoms with Gasteiger partial charge in [-0.3, -0.25) is 0 Å². The fraction of sp³-hybridized carbons (Fsp3) is 0.333. The van der Waals surface area contributed by atoms with Crippen molar-refractivity contribution in [2.24, 2.45) is 0 Å². The van der Waals surface area contributed by atoms with E-state index in [2.05, 4.69) is 6.58 Å². The summed E-state index contributed by atoms with van der Waals surface area (Å²) in [5.74, 6) is 0. The van der Waals surface area contributed by atoms with Crippen LogP contribution in [-0.2, 0) is 4.65 Å². The van der Waals surface area contributed by atoms with Crippen LogP contribution in [0.1, 0.15) is 13.3 Å². The molecule has 64 valence electrons. The van der Waals surface area contributed by atoms with E-state index < -0.39 is 7.12 Å². The first-order chi connectivity index (χ1) is 5.79. The molecule has 2 nitrogen and oxygen atoms in total. The van der Waals surface area contributed by atoms with Crippen molar-refractivity contribution in [1.82, 2.24) is 0 Å². The maximum Gasteiger partial charge on any atom is 0.487 e. The molecule has 0 aromatic rings. The Morgan fingerprint density at radius 3 is 3.08 bits per heavy atom. The molecular formula is C9H13BO2. The fourth-order valence-corrected chi connectivity index (χ4v) is 1.26. The van der Waals surface area contributed by atoms with E-state index in [1.54, 1.807) is 6.08 Å². The summed E-state index contributed by atoms with van der Waals surface area (Å²) in [6.07, 6.45) is 6.33. The fourth-order valence-electron chi connectivity index (χ4n) is 1.26. The van der Waals surface area contributed by atoms with Gasteiger partial charge in [0.15, 0.2) is 0 Å². The van der Waals surface area contributed by atoms with Crippen molar-refractivity contribution in [2.45, 2.75) is 13.3 Å². The number of hydrogen-bond acceptors (Lipinski definition) is 2. The van der Waals surface area contributed by atoms with Gasteiger partial charge in [0, 0.05) is 0 Å². The predicted molar refractivity (Wildman–Crippen MR) is 50.6 cm³/mol. The third-order valence-electron chi connectivity index (χ3n) is 1.92. The summed E-state index contributed by atoms with van der Waals surface area (Å²) in [7, 11) is -0.695. The number of hydrogen-bond donors (Lipinski definition) is 1. The lowest BCUT2D eigenvalue weighted by molar-refractivity contribution is 0.310. The van der Waals surface area contributed by atoms with E-state index in [-0.39, 0.29) is 0 Å². The zero-order chi connectivity index (χ0) is 8.97. The molecule has 1 N–H and O–H groups in total. The zero-order valence-corrected chi connectivity index (χ0v) is 7.29. The summed E-state index contributed by atoms with van der Waals surface area (Å²) in [5.41, 5.74) is 2.05. The van der Waals surface area contributed by atoms with Crippen LogP contribution in [0, 0.1) is 0 Å². The van der Waals surface area contributed by atoms with Gasteiger partial charge >= 0.3 is 7.12 Å². The highest BCUT2D eigenvalue weighted by atomic mass is 16.5. The SMILES string of the molecule is C=C/C=C\C1=C(CC)B(O)OC1. The van der Waals surface area contributed by atoms with Crippen LogP contribution in [0.4, 0.5) is 0 Å². The molecule has 0 aromatic heterocycles. The van der Waals surface area contributed by atoms with Crippen molar-refractivity contribution in [1.29, 1.82) is 0 Å². The molecule has 0 aromatic carbocycles. The maximum atomic E-state index is 9.32. The first-order valence-electron chi connectivity index (χ1n) is 4.10. The molecule has 0 fully saturated rings. The molecule has 1 heterocycles. The first kappa shape index (κ1) is 9.29. The summed E-state index contributed by atoms with van der Waals surface area (Å²) >= 11 is 0. The van der Waals surface area contributed by atoms with Crippen molar-refractivity contribution >= 4 is 7.12 Å². The lowest BCUT2D eigenvalue weighted by atomic mass is 9.77. The second kappa shape index (κ2) is 4.29. The first-order valence-corrected chi connectivity index (χ1v) is 4.10. The lowest BCUT2D eigenvalue weighted by Crippen LogP contribution is -2.14. The third kappa shape index (κ3) is 1.87. The summed E-state index contributed by atoms with van der Waals surface area (Å²) < 4.78 is 5.06. The third-order valence-corrected chi connectivity index (χ3v) is 1.92. The van der Waals surface area contributed by atoms with Crippen LogP contribution in [0.15, 0.2) is 35.9 Å². The van der Waals surface area contributed by atoms with E-state index in [9.17, 15) is 5.02 Å². The van der Waals surface area contributed by atoms with Gasteiger partial charge in [0.05, 0.1) is 6.61 Å². The van der Waals surface area contributed by atoms with Gasteiger partial charge in [-0.1, -0.05) is 31.7 Å². The van der Waals surface area contributed by atoms with Crippen LogP contribution < -0.4 is 0 Å². The molecule has 0 radical (unpaired) electrons. The highest BCUT2D eigenvalue weighted by molar-refractivity contribution is 6.53. The quantitative estimate of drug-likeness (QED) is 0.505. The average molecular weight is 164 g/mol. The molecule has 1 rings (SSSR count). The molecule has 0 saturated carbocycles. The Kier molecular flexibility index (Phi) is 3.32. The number of allylic oxidation sites excluding steroid dienone is 3. The Hall–Kier alpha value is -0.795. The molecule has 0 aliphatic carbocycles. The molecule has 1 aliphatic heterocycles. The summed E-state index contributed by atoms with van der Waals surface area (Å²) in [4.78, 5) is 0. The molecule has 0 bridgehead atoms. The molecular weight excluding hydrogens is 151 g/mol. The minimum Gasteiger partial charge on any atom is -0.423 e. The molecule has 0 amide bonds. The van der Waals surface area contributed by atoms with Gasteiger partial charge in [0.25, 0.3) is 0 Å². The maximum absolute atomic E-state index is 9.32. The highest BCUT2D eigenvalue weighted by Gasteiger charge is 2.27. The van der Waals surface area contributed by atoms with Crippen LogP contribution in [0.5, 0.6) is 0 Å². The Balaban J connectivity index is 2.77. The number of rotatable bonds is 3. The van der Waals surface area contributed by atoms with Crippen molar-refractivity contribution < 1.29 is 9.68 Å². The molecule has 0 saturated heterocycles. The molecule has 0 spiro atoms. The summed E-state index contributed by atoms with van der Waals surface area (Å²) in [6.45, 7) is 6.10. The molecule has 3 heteroatoms. The molecule has 0 unspecified atom stereocenters. The molecule has 0 atom stereocenters. The Labute approximate surface area is 73.4 Å². The van der Waals surface area contributed by atoms with Crippen LogP contribution >= 0.6 is 0 Å². The Morgan fingerprint density at radius 1 is 1.75 bits per heavy atom. The highest BCUT2D eigenvalue weighted by Crippen LogP contribution is 2.20. The Morgan fingerprint density at radius 2 is 2.50 bits per heavy atom. The van der Waals surface area contributed by atoms with Crippen molar-refractivity contribution in [2.75, 3.05) is 6.61 Å².